The summed E-state index contributed by atoms with van der Waals surface area (Å²) in [7, 11) is 0. The van der Waals surface area contributed by atoms with Crippen molar-refractivity contribution in [3.8, 4) is 0 Å². The van der Waals surface area contributed by atoms with Crippen molar-refractivity contribution in [3.05, 3.63) is 60.1 Å². The van der Waals surface area contributed by atoms with Crippen LogP contribution in [0.4, 0.5) is 0 Å². The van der Waals surface area contributed by atoms with Gasteiger partial charge in [0.2, 0.25) is 0 Å². The maximum Gasteiger partial charge on any atom is 0.333 e. The van der Waals surface area contributed by atoms with E-state index in [1.165, 1.54) is 0 Å². The van der Waals surface area contributed by atoms with Crippen LogP contribution in [0.5, 0.6) is 0 Å². The summed E-state index contributed by atoms with van der Waals surface area (Å²) in [5, 5.41) is 9.45. The highest BCUT2D eigenvalue weighted by Crippen LogP contribution is 2.26. The Labute approximate surface area is 130 Å². The number of unbranched alkanes of at least 4 members (excludes halogenated alkanes) is 1. The molecule has 22 heavy (non-hydrogen) atoms. The zero-order chi connectivity index (χ0) is 15.8. The molecule has 0 amide bonds. The number of carboxylic acid groups (broad SMARTS) is 1. The number of aliphatic carboxylic acids is 1. The predicted molar refractivity (Wildman–Crippen MR) is 83.6 cm³/mol. The molecule has 2 atom stereocenters. The lowest BCUT2D eigenvalue weighted by molar-refractivity contribution is -0.155. The lowest BCUT2D eigenvalue weighted by Gasteiger charge is -2.21. The highest BCUT2D eigenvalue weighted by molar-refractivity contribution is 5.72. The molecule has 0 saturated heterocycles. The summed E-state index contributed by atoms with van der Waals surface area (Å²) in [5.74, 6) is -0.260. The maximum atomic E-state index is 11.5. The Morgan fingerprint density at radius 2 is 2.00 bits per heavy atom. The largest absolute Gasteiger partial charge is 0.479 e. The van der Waals surface area contributed by atoms with Gasteiger partial charge in [-0.25, -0.2) is 4.79 Å². The number of rotatable bonds is 9. The zero-order valence-corrected chi connectivity index (χ0v) is 12.8. The van der Waals surface area contributed by atoms with Crippen LogP contribution in [0, 0.1) is 0 Å². The summed E-state index contributed by atoms with van der Waals surface area (Å²) in [4.78, 5) is 11.5. The van der Waals surface area contributed by atoms with E-state index in [-0.39, 0.29) is 6.10 Å². The van der Waals surface area contributed by atoms with Crippen molar-refractivity contribution >= 4 is 5.97 Å². The van der Waals surface area contributed by atoms with Crippen molar-refractivity contribution in [2.24, 2.45) is 0 Å². The van der Waals surface area contributed by atoms with Gasteiger partial charge in [-0.15, -0.1) is 0 Å². The Kier molecular flexibility index (Phi) is 6.22. The first-order chi connectivity index (χ1) is 10.7. The summed E-state index contributed by atoms with van der Waals surface area (Å²) in [6.45, 7) is 2.10. The van der Waals surface area contributed by atoms with Crippen molar-refractivity contribution in [2.45, 2.75) is 44.8 Å². The Morgan fingerprint density at radius 1 is 1.23 bits per heavy atom. The molecule has 1 aromatic carbocycles. The summed E-state index contributed by atoms with van der Waals surface area (Å²) in [5.41, 5.74) is 0.948. The van der Waals surface area contributed by atoms with Gasteiger partial charge < -0.3 is 14.3 Å². The first-order valence-electron chi connectivity index (χ1n) is 7.66. The van der Waals surface area contributed by atoms with Crippen LogP contribution in [0.3, 0.4) is 0 Å². The van der Waals surface area contributed by atoms with Gasteiger partial charge in [-0.2, -0.15) is 0 Å². The van der Waals surface area contributed by atoms with Crippen molar-refractivity contribution in [1.29, 1.82) is 0 Å². The number of hydrogen-bond acceptors (Lipinski definition) is 3. The van der Waals surface area contributed by atoms with Crippen LogP contribution in [-0.2, 0) is 16.0 Å². The highest BCUT2D eigenvalue weighted by Gasteiger charge is 2.25. The average Bonchev–Trinajstić information content (AvgIpc) is 3.05. The van der Waals surface area contributed by atoms with E-state index in [2.05, 4.69) is 6.92 Å². The fraction of sp³-hybridized carbons (Fsp3) is 0.389. The monoisotopic (exact) mass is 302 g/mol. The van der Waals surface area contributed by atoms with Gasteiger partial charge >= 0.3 is 5.97 Å². The van der Waals surface area contributed by atoms with Crippen LogP contribution in [0.2, 0.25) is 0 Å². The smallest absolute Gasteiger partial charge is 0.333 e. The molecule has 4 heteroatoms. The third kappa shape index (κ3) is 4.74. The Morgan fingerprint density at radius 3 is 2.59 bits per heavy atom. The minimum absolute atomic E-state index is 0.320. The molecular formula is C18H22O4. The van der Waals surface area contributed by atoms with Gasteiger partial charge in [0.25, 0.3) is 0 Å². The second-order valence-corrected chi connectivity index (χ2v) is 5.30. The fourth-order valence-electron chi connectivity index (χ4n) is 2.36. The second-order valence-electron chi connectivity index (χ2n) is 5.30. The summed E-state index contributed by atoms with van der Waals surface area (Å²) >= 11 is 0. The number of hydrogen-bond donors (Lipinski definition) is 1. The molecule has 0 aliphatic rings. The van der Waals surface area contributed by atoms with E-state index >= 15 is 0 Å². The lowest BCUT2D eigenvalue weighted by atomic mass is 10.1. The first kappa shape index (κ1) is 16.3. The summed E-state index contributed by atoms with van der Waals surface area (Å²) in [6.07, 6.45) is 3.47. The highest BCUT2D eigenvalue weighted by atomic mass is 16.5. The molecule has 2 rings (SSSR count). The Bertz CT molecular complexity index is 548. The molecule has 0 unspecified atom stereocenters. The average molecular weight is 302 g/mol. The van der Waals surface area contributed by atoms with Crippen molar-refractivity contribution < 1.29 is 19.1 Å². The van der Waals surface area contributed by atoms with Crippen LogP contribution in [0.25, 0.3) is 0 Å². The van der Waals surface area contributed by atoms with Crippen LogP contribution < -0.4 is 0 Å². The molecular weight excluding hydrogens is 280 g/mol. The lowest BCUT2D eigenvalue weighted by Crippen LogP contribution is -2.28. The normalized spacial score (nSPS) is 13.7. The molecule has 1 N–H and O–H groups in total. The first-order valence-corrected chi connectivity index (χ1v) is 7.66. The van der Waals surface area contributed by atoms with Crippen LogP contribution in [0.1, 0.15) is 43.6 Å². The zero-order valence-electron chi connectivity index (χ0n) is 12.8. The molecule has 4 nitrogen and oxygen atoms in total. The molecule has 2 aromatic rings. The SMILES string of the molecule is CCCC[C@H](O[C@@H](Cc1ccccc1)C(=O)O)c1ccco1. The number of benzene rings is 1. The van der Waals surface area contributed by atoms with Gasteiger partial charge in [0.05, 0.1) is 6.26 Å². The van der Waals surface area contributed by atoms with Gasteiger partial charge in [0.15, 0.2) is 6.10 Å². The molecule has 0 spiro atoms. The third-order valence-electron chi connectivity index (χ3n) is 3.55. The Hall–Kier alpha value is -2.07. The molecule has 0 saturated carbocycles. The van der Waals surface area contributed by atoms with Crippen LogP contribution in [-0.4, -0.2) is 17.2 Å². The van der Waals surface area contributed by atoms with Crippen LogP contribution >= 0.6 is 0 Å². The second kappa shape index (κ2) is 8.39. The molecule has 0 bridgehead atoms. The van der Waals surface area contributed by atoms with Gasteiger partial charge in [0, 0.05) is 6.42 Å². The van der Waals surface area contributed by atoms with Gasteiger partial charge in [-0.1, -0.05) is 50.1 Å². The Balaban J connectivity index is 2.08. The van der Waals surface area contributed by atoms with E-state index in [1.807, 2.05) is 36.4 Å². The van der Waals surface area contributed by atoms with E-state index in [0.717, 1.165) is 24.8 Å². The topological polar surface area (TPSA) is 59.7 Å². The van der Waals surface area contributed by atoms with Gasteiger partial charge in [0.1, 0.15) is 11.9 Å². The fourth-order valence-corrected chi connectivity index (χ4v) is 2.36. The predicted octanol–water partition coefficient (Wildman–Crippen LogP) is 4.22. The van der Waals surface area contributed by atoms with E-state index in [4.69, 9.17) is 9.15 Å². The molecule has 0 radical (unpaired) electrons. The maximum absolute atomic E-state index is 11.5. The van der Waals surface area contributed by atoms with E-state index in [0.29, 0.717) is 12.2 Å². The van der Waals surface area contributed by atoms with Crippen molar-refractivity contribution in [2.75, 3.05) is 0 Å². The molecule has 0 aliphatic carbocycles. The quantitative estimate of drug-likeness (QED) is 0.753. The van der Waals surface area contributed by atoms with E-state index in [1.54, 1.807) is 12.3 Å². The third-order valence-corrected chi connectivity index (χ3v) is 3.55. The minimum atomic E-state index is -0.947. The summed E-state index contributed by atoms with van der Waals surface area (Å²) in [6, 6.07) is 13.2. The standard InChI is InChI=1S/C18H22O4/c1-2-3-10-16(15-11-7-12-21-15)22-17(18(19)20)13-14-8-5-4-6-9-14/h4-9,11-12,16-17H,2-3,10,13H2,1H3,(H,19,20)/t16-,17-/m0/s1. The molecule has 0 fully saturated rings. The van der Waals surface area contributed by atoms with Crippen LogP contribution in [0.15, 0.2) is 53.1 Å². The van der Waals surface area contributed by atoms with Crippen molar-refractivity contribution in [1.82, 2.24) is 0 Å². The molecule has 0 aliphatic heterocycles. The number of carbonyl (C=O) groups is 1. The minimum Gasteiger partial charge on any atom is -0.479 e. The molecule has 118 valence electrons. The number of carboxylic acids is 1. The summed E-state index contributed by atoms with van der Waals surface area (Å²) < 4.78 is 11.3. The van der Waals surface area contributed by atoms with Gasteiger partial charge in [-0.3, -0.25) is 0 Å². The van der Waals surface area contributed by atoms with E-state index in [9.17, 15) is 9.90 Å². The molecule has 1 heterocycles. The van der Waals surface area contributed by atoms with Gasteiger partial charge in [-0.05, 0) is 24.1 Å². The molecule has 1 aromatic heterocycles. The number of ether oxygens (including phenoxy) is 1. The van der Waals surface area contributed by atoms with E-state index < -0.39 is 12.1 Å². The van der Waals surface area contributed by atoms with Crippen molar-refractivity contribution in [3.63, 3.8) is 0 Å². The number of furan rings is 1.